The van der Waals surface area contributed by atoms with Gasteiger partial charge in [0.1, 0.15) is 23.2 Å². The summed E-state index contributed by atoms with van der Waals surface area (Å²) in [6.07, 6.45) is 2.42. The molecule has 0 aromatic heterocycles. The maximum atomic E-state index is 6.04. The molecule has 1 fully saturated rings. The van der Waals surface area contributed by atoms with Gasteiger partial charge in [-0.2, -0.15) is 0 Å². The van der Waals surface area contributed by atoms with Gasteiger partial charge in [0.2, 0.25) is 0 Å². The Bertz CT molecular complexity index is 427. The first-order chi connectivity index (χ1) is 9.96. The Morgan fingerprint density at radius 1 is 1.19 bits per heavy atom. The van der Waals surface area contributed by atoms with Crippen molar-refractivity contribution in [3.63, 3.8) is 0 Å². The van der Waals surface area contributed by atoms with Gasteiger partial charge in [-0.05, 0) is 64.4 Å². The van der Waals surface area contributed by atoms with Gasteiger partial charge in [-0.3, -0.25) is 4.90 Å². The fourth-order valence-electron chi connectivity index (χ4n) is 2.51. The zero-order valence-corrected chi connectivity index (χ0v) is 14.0. The lowest BCUT2D eigenvalue weighted by molar-refractivity contribution is 0.130. The van der Waals surface area contributed by atoms with E-state index in [1.807, 2.05) is 45.0 Å². The summed E-state index contributed by atoms with van der Waals surface area (Å²) in [6, 6.07) is 7.92. The minimum atomic E-state index is -0.170. The third kappa shape index (κ3) is 5.76. The largest absolute Gasteiger partial charge is 0.489 e. The van der Waals surface area contributed by atoms with Gasteiger partial charge in [0.15, 0.2) is 0 Å². The van der Waals surface area contributed by atoms with E-state index in [1.54, 1.807) is 0 Å². The Hall–Kier alpha value is -0.930. The van der Waals surface area contributed by atoms with Crippen molar-refractivity contribution in [2.75, 3.05) is 25.5 Å². The van der Waals surface area contributed by atoms with Crippen LogP contribution in [0.25, 0.3) is 0 Å². The van der Waals surface area contributed by atoms with E-state index in [0.717, 1.165) is 49.9 Å². The molecule has 0 amide bonds. The summed E-state index contributed by atoms with van der Waals surface area (Å²) < 4.78 is 11.9. The van der Waals surface area contributed by atoms with Crippen LogP contribution in [0.4, 0.5) is 0 Å². The summed E-state index contributed by atoms with van der Waals surface area (Å²) in [4.78, 5) is 2.42. The third-order valence-electron chi connectivity index (χ3n) is 3.39. The third-order valence-corrected chi connectivity index (χ3v) is 3.65. The van der Waals surface area contributed by atoms with Crippen LogP contribution in [0.1, 0.15) is 33.6 Å². The van der Waals surface area contributed by atoms with Gasteiger partial charge in [0.05, 0.1) is 0 Å². The fraction of sp³-hybridized carbons (Fsp3) is 0.647. The van der Waals surface area contributed by atoms with E-state index in [2.05, 4.69) is 4.90 Å². The van der Waals surface area contributed by atoms with Crippen LogP contribution in [-0.4, -0.2) is 42.1 Å². The lowest BCUT2D eigenvalue weighted by Gasteiger charge is -2.21. The highest BCUT2D eigenvalue weighted by Crippen LogP contribution is 2.24. The lowest BCUT2D eigenvalue weighted by Crippen LogP contribution is -2.26. The topological polar surface area (TPSA) is 21.7 Å². The molecule has 1 aliphatic heterocycles. The molecule has 0 bridgehead atoms. The Morgan fingerprint density at radius 2 is 1.86 bits per heavy atom. The van der Waals surface area contributed by atoms with Gasteiger partial charge < -0.3 is 9.47 Å². The Labute approximate surface area is 133 Å². The van der Waals surface area contributed by atoms with Crippen molar-refractivity contribution in [2.24, 2.45) is 0 Å². The lowest BCUT2D eigenvalue weighted by atomic mass is 10.2. The number of alkyl halides is 1. The van der Waals surface area contributed by atoms with Crippen molar-refractivity contribution >= 4 is 11.6 Å². The number of ether oxygens (including phenoxy) is 2. The Kier molecular flexibility index (Phi) is 5.77. The average molecular weight is 312 g/mol. The number of rotatable bonds is 6. The van der Waals surface area contributed by atoms with E-state index in [1.165, 1.54) is 0 Å². The van der Waals surface area contributed by atoms with Crippen molar-refractivity contribution in [3.05, 3.63) is 24.3 Å². The Morgan fingerprint density at radius 3 is 2.48 bits per heavy atom. The van der Waals surface area contributed by atoms with Crippen molar-refractivity contribution in [1.29, 1.82) is 0 Å². The van der Waals surface area contributed by atoms with E-state index in [0.29, 0.717) is 0 Å². The van der Waals surface area contributed by atoms with Crippen LogP contribution in [0.3, 0.4) is 0 Å². The molecule has 0 spiro atoms. The predicted octanol–water partition coefficient (Wildman–Crippen LogP) is 3.95. The van der Waals surface area contributed by atoms with Crippen molar-refractivity contribution in [2.45, 2.75) is 45.3 Å². The molecular formula is C17H26ClNO2. The molecule has 118 valence electrons. The predicted molar refractivity (Wildman–Crippen MR) is 87.6 cm³/mol. The van der Waals surface area contributed by atoms with E-state index in [-0.39, 0.29) is 11.7 Å². The highest BCUT2D eigenvalue weighted by Gasteiger charge is 2.23. The van der Waals surface area contributed by atoms with Gasteiger partial charge in [-0.25, -0.2) is 0 Å². The van der Waals surface area contributed by atoms with Crippen molar-refractivity contribution < 1.29 is 9.47 Å². The first-order valence-electron chi connectivity index (χ1n) is 7.70. The molecule has 1 aromatic carbocycles. The van der Waals surface area contributed by atoms with Gasteiger partial charge in [-0.1, -0.05) is 0 Å². The number of likely N-dealkylation sites (tertiary alicyclic amines) is 1. The molecule has 3 nitrogen and oxygen atoms in total. The molecule has 0 radical (unpaired) electrons. The van der Waals surface area contributed by atoms with E-state index >= 15 is 0 Å². The molecule has 0 N–H and O–H groups in total. The number of hydrogen-bond donors (Lipinski definition) is 0. The van der Waals surface area contributed by atoms with Gasteiger partial charge in [-0.15, -0.1) is 11.6 Å². The minimum Gasteiger partial charge on any atom is -0.489 e. The van der Waals surface area contributed by atoms with Crippen LogP contribution >= 0.6 is 11.6 Å². The molecule has 0 saturated carbocycles. The zero-order valence-electron chi connectivity index (χ0n) is 13.3. The highest BCUT2D eigenvalue weighted by atomic mass is 35.5. The molecule has 1 atom stereocenters. The first-order valence-corrected chi connectivity index (χ1v) is 8.24. The van der Waals surface area contributed by atoms with Crippen LogP contribution in [0.15, 0.2) is 24.3 Å². The second kappa shape index (κ2) is 7.37. The van der Waals surface area contributed by atoms with E-state index in [9.17, 15) is 0 Å². The monoisotopic (exact) mass is 311 g/mol. The standard InChI is InChI=1S/C17H26ClNO2/c1-17(2,3)21-15-7-5-14(6-8-15)20-16-9-12-19(13-16)11-4-10-18/h5-8,16H,4,9-13H2,1-3H3. The molecule has 1 unspecified atom stereocenters. The molecule has 1 aromatic rings. The van der Waals surface area contributed by atoms with Gasteiger partial charge >= 0.3 is 0 Å². The highest BCUT2D eigenvalue weighted by molar-refractivity contribution is 6.17. The maximum absolute atomic E-state index is 6.04. The van der Waals surface area contributed by atoms with Gasteiger partial charge in [0.25, 0.3) is 0 Å². The summed E-state index contributed by atoms with van der Waals surface area (Å²) in [5.41, 5.74) is -0.170. The Balaban J connectivity index is 1.81. The van der Waals surface area contributed by atoms with E-state index < -0.39 is 0 Å². The summed E-state index contributed by atoms with van der Waals surface area (Å²) in [5, 5.41) is 0. The average Bonchev–Trinajstić information content (AvgIpc) is 2.85. The number of hydrogen-bond acceptors (Lipinski definition) is 3. The van der Waals surface area contributed by atoms with E-state index in [4.69, 9.17) is 21.1 Å². The quantitative estimate of drug-likeness (QED) is 0.743. The van der Waals surface area contributed by atoms with Crippen molar-refractivity contribution in [3.8, 4) is 11.5 Å². The zero-order chi connectivity index (χ0) is 15.3. The second-order valence-electron chi connectivity index (χ2n) is 6.56. The normalized spacial score (nSPS) is 19.7. The summed E-state index contributed by atoms with van der Waals surface area (Å²) in [5.74, 6) is 2.53. The summed E-state index contributed by atoms with van der Waals surface area (Å²) >= 11 is 5.74. The molecule has 4 heteroatoms. The number of nitrogens with zero attached hydrogens (tertiary/aromatic N) is 1. The number of halogens is 1. The molecule has 2 rings (SSSR count). The smallest absolute Gasteiger partial charge is 0.120 e. The van der Waals surface area contributed by atoms with Crippen LogP contribution in [0.5, 0.6) is 11.5 Å². The van der Waals surface area contributed by atoms with Crippen LogP contribution < -0.4 is 9.47 Å². The minimum absolute atomic E-state index is 0.170. The number of benzene rings is 1. The molecular weight excluding hydrogens is 286 g/mol. The molecule has 1 aliphatic rings. The molecule has 0 aliphatic carbocycles. The van der Waals surface area contributed by atoms with Crippen molar-refractivity contribution in [1.82, 2.24) is 4.90 Å². The van der Waals surface area contributed by atoms with Crippen LogP contribution in [0, 0.1) is 0 Å². The van der Waals surface area contributed by atoms with Crippen LogP contribution in [-0.2, 0) is 0 Å². The SMILES string of the molecule is CC(C)(C)Oc1ccc(OC2CCN(CCCCl)C2)cc1. The molecule has 21 heavy (non-hydrogen) atoms. The van der Waals surface area contributed by atoms with Gasteiger partial charge in [0, 0.05) is 19.0 Å². The van der Waals surface area contributed by atoms with Crippen LogP contribution in [0.2, 0.25) is 0 Å². The fourth-order valence-corrected chi connectivity index (χ4v) is 2.63. The summed E-state index contributed by atoms with van der Waals surface area (Å²) in [7, 11) is 0. The molecule has 1 heterocycles. The second-order valence-corrected chi connectivity index (χ2v) is 6.94. The molecule has 1 saturated heterocycles. The summed E-state index contributed by atoms with van der Waals surface area (Å²) in [6.45, 7) is 9.31. The maximum Gasteiger partial charge on any atom is 0.120 e. The first kappa shape index (κ1) is 16.4.